The van der Waals surface area contributed by atoms with Crippen molar-refractivity contribution in [3.05, 3.63) is 48.2 Å². The van der Waals surface area contributed by atoms with E-state index in [1.807, 2.05) is 0 Å². The Hall–Kier alpha value is -1.54. The molecule has 5 rings (SSSR count). The molecule has 2 N–H and O–H groups in total. The quantitative estimate of drug-likeness (QED) is 0.515. The average Bonchev–Trinajstić information content (AvgIpc) is 3.16. The topological polar surface area (TPSA) is 36.0 Å². The van der Waals surface area contributed by atoms with Crippen LogP contribution in [0, 0.1) is 34.5 Å². The zero-order valence-electron chi connectivity index (χ0n) is 19.2. The normalized spacial score (nSPS) is 43.8. The van der Waals surface area contributed by atoms with Crippen LogP contribution >= 0.6 is 0 Å². The fourth-order valence-corrected chi connectivity index (χ4v) is 8.57. The number of benzene rings is 1. The molecule has 162 valence electrons. The summed E-state index contributed by atoms with van der Waals surface area (Å²) in [6.07, 6.45) is 9.10. The molecule has 3 fully saturated rings. The van der Waals surface area contributed by atoms with Crippen LogP contribution in [0.4, 0.5) is 0 Å². The number of rotatable bonds is 2. The standard InChI is InChI=1S/C28H39NO/c1-17(2)20-13-15-28-24(30)11-10-19(4)27(28,5)14-12-18(3)26(28)25(20)22-16-29-23-9-7-6-8-21(22)23/h6-9,16,18-20,24-26,29-30H,1,10-15H2,2-5H3. The van der Waals surface area contributed by atoms with Crippen molar-refractivity contribution in [3.8, 4) is 0 Å². The minimum absolute atomic E-state index is 0.0251. The van der Waals surface area contributed by atoms with E-state index in [-0.39, 0.29) is 16.9 Å². The fraction of sp³-hybridized carbons (Fsp3) is 0.643. The second-order valence-corrected chi connectivity index (χ2v) is 11.3. The van der Waals surface area contributed by atoms with Crippen LogP contribution in [0.15, 0.2) is 42.6 Å². The molecule has 30 heavy (non-hydrogen) atoms. The molecule has 8 atom stereocenters. The molecule has 3 saturated carbocycles. The van der Waals surface area contributed by atoms with Crippen molar-refractivity contribution in [1.29, 1.82) is 0 Å². The Balaban J connectivity index is 1.74. The van der Waals surface area contributed by atoms with Crippen molar-refractivity contribution in [2.75, 3.05) is 0 Å². The molecule has 1 spiro atoms. The third-order valence-electron chi connectivity index (χ3n) is 10.2. The first-order valence-corrected chi connectivity index (χ1v) is 12.2. The summed E-state index contributed by atoms with van der Waals surface area (Å²) in [5.41, 5.74) is 4.27. The first-order chi connectivity index (χ1) is 14.3. The minimum atomic E-state index is -0.176. The molecule has 1 heterocycles. The predicted molar refractivity (Wildman–Crippen MR) is 125 cm³/mol. The van der Waals surface area contributed by atoms with Gasteiger partial charge in [0.25, 0.3) is 0 Å². The van der Waals surface area contributed by atoms with Crippen LogP contribution in [0.25, 0.3) is 10.9 Å². The highest BCUT2D eigenvalue weighted by Gasteiger charge is 2.67. The molecule has 3 aliphatic rings. The Morgan fingerprint density at radius 1 is 1.10 bits per heavy atom. The minimum Gasteiger partial charge on any atom is -0.393 e. The van der Waals surface area contributed by atoms with Crippen molar-refractivity contribution < 1.29 is 5.11 Å². The molecular weight excluding hydrogens is 366 g/mol. The lowest BCUT2D eigenvalue weighted by atomic mass is 9.35. The molecule has 2 nitrogen and oxygen atoms in total. The zero-order chi connectivity index (χ0) is 21.3. The molecule has 2 aromatic rings. The fourth-order valence-electron chi connectivity index (χ4n) is 8.57. The van der Waals surface area contributed by atoms with E-state index in [1.165, 1.54) is 41.3 Å². The largest absolute Gasteiger partial charge is 0.393 e. The maximum atomic E-state index is 11.7. The van der Waals surface area contributed by atoms with Crippen molar-refractivity contribution in [2.24, 2.45) is 34.5 Å². The Morgan fingerprint density at radius 2 is 1.87 bits per heavy atom. The van der Waals surface area contributed by atoms with E-state index in [4.69, 9.17) is 0 Å². The Kier molecular flexibility index (Phi) is 4.74. The molecule has 1 aromatic carbocycles. The van der Waals surface area contributed by atoms with Crippen LogP contribution in [0.5, 0.6) is 0 Å². The lowest BCUT2D eigenvalue weighted by Gasteiger charge is -2.69. The van der Waals surface area contributed by atoms with Crippen LogP contribution in [0.2, 0.25) is 0 Å². The van der Waals surface area contributed by atoms with Gasteiger partial charge in [-0.1, -0.05) is 51.1 Å². The molecular formula is C28H39NO. The van der Waals surface area contributed by atoms with Crippen LogP contribution in [0.3, 0.4) is 0 Å². The number of allylic oxidation sites excluding steroid dienone is 1. The number of para-hydroxylation sites is 1. The molecule has 0 amide bonds. The van der Waals surface area contributed by atoms with Gasteiger partial charge in [-0.3, -0.25) is 0 Å². The summed E-state index contributed by atoms with van der Waals surface area (Å²) < 4.78 is 0. The van der Waals surface area contributed by atoms with Gasteiger partial charge in [-0.2, -0.15) is 0 Å². The van der Waals surface area contributed by atoms with E-state index in [0.717, 1.165) is 19.3 Å². The van der Waals surface area contributed by atoms with Crippen LogP contribution in [-0.4, -0.2) is 16.2 Å². The van der Waals surface area contributed by atoms with Crippen LogP contribution in [-0.2, 0) is 0 Å². The monoisotopic (exact) mass is 405 g/mol. The Labute approximate surface area is 182 Å². The zero-order valence-corrected chi connectivity index (χ0v) is 19.2. The van der Waals surface area contributed by atoms with Gasteiger partial charge in [0.05, 0.1) is 6.10 Å². The molecule has 3 aliphatic carbocycles. The molecule has 0 bridgehead atoms. The van der Waals surface area contributed by atoms with Gasteiger partial charge in [0.15, 0.2) is 0 Å². The molecule has 2 heteroatoms. The van der Waals surface area contributed by atoms with Crippen molar-refractivity contribution in [1.82, 2.24) is 4.98 Å². The van der Waals surface area contributed by atoms with Gasteiger partial charge in [-0.25, -0.2) is 0 Å². The van der Waals surface area contributed by atoms with Gasteiger partial charge in [0.2, 0.25) is 0 Å². The number of hydrogen-bond donors (Lipinski definition) is 2. The smallest absolute Gasteiger partial charge is 0.0604 e. The van der Waals surface area contributed by atoms with Gasteiger partial charge in [-0.15, -0.1) is 0 Å². The van der Waals surface area contributed by atoms with Gasteiger partial charge in [0, 0.05) is 22.5 Å². The van der Waals surface area contributed by atoms with Crippen molar-refractivity contribution in [3.63, 3.8) is 0 Å². The maximum absolute atomic E-state index is 11.7. The molecule has 1 aromatic heterocycles. The predicted octanol–water partition coefficient (Wildman–Crippen LogP) is 7.07. The number of hydrogen-bond acceptors (Lipinski definition) is 1. The molecule has 0 saturated heterocycles. The maximum Gasteiger partial charge on any atom is 0.0604 e. The molecule has 0 radical (unpaired) electrons. The number of H-pyrrole nitrogens is 1. The third-order valence-corrected chi connectivity index (χ3v) is 10.2. The highest BCUT2D eigenvalue weighted by molar-refractivity contribution is 5.83. The van der Waals surface area contributed by atoms with E-state index < -0.39 is 0 Å². The summed E-state index contributed by atoms with van der Waals surface area (Å²) in [5, 5.41) is 13.1. The van der Waals surface area contributed by atoms with Crippen molar-refractivity contribution in [2.45, 2.75) is 78.2 Å². The van der Waals surface area contributed by atoms with Crippen molar-refractivity contribution >= 4 is 10.9 Å². The first-order valence-electron chi connectivity index (χ1n) is 12.2. The highest BCUT2D eigenvalue weighted by atomic mass is 16.3. The van der Waals surface area contributed by atoms with Crippen LogP contribution < -0.4 is 0 Å². The molecule has 0 aliphatic heterocycles. The lowest BCUT2D eigenvalue weighted by Crippen LogP contribution is -2.65. The second kappa shape index (κ2) is 6.99. The van der Waals surface area contributed by atoms with Gasteiger partial charge in [0.1, 0.15) is 0 Å². The van der Waals surface area contributed by atoms with E-state index in [1.54, 1.807) is 0 Å². The second-order valence-electron chi connectivity index (χ2n) is 11.3. The number of aromatic nitrogens is 1. The number of fused-ring (bicyclic) bond motifs is 1. The van der Waals surface area contributed by atoms with Gasteiger partial charge in [-0.05, 0) is 92.1 Å². The summed E-state index contributed by atoms with van der Waals surface area (Å²) in [4.78, 5) is 3.56. The summed E-state index contributed by atoms with van der Waals surface area (Å²) in [7, 11) is 0. The van der Waals surface area contributed by atoms with Crippen LogP contribution in [0.1, 0.15) is 77.7 Å². The van der Waals surface area contributed by atoms with E-state index in [0.29, 0.717) is 29.6 Å². The Bertz CT molecular complexity index is 958. The number of aliphatic hydroxyl groups is 1. The van der Waals surface area contributed by atoms with E-state index in [9.17, 15) is 5.11 Å². The first kappa shape index (κ1) is 20.4. The lowest BCUT2D eigenvalue weighted by molar-refractivity contribution is -0.228. The van der Waals surface area contributed by atoms with Gasteiger partial charge >= 0.3 is 0 Å². The Morgan fingerprint density at radius 3 is 2.63 bits per heavy atom. The van der Waals surface area contributed by atoms with E-state index >= 15 is 0 Å². The highest BCUT2D eigenvalue weighted by Crippen LogP contribution is 2.72. The summed E-state index contributed by atoms with van der Waals surface area (Å²) in [6, 6.07) is 8.76. The van der Waals surface area contributed by atoms with Gasteiger partial charge < -0.3 is 10.1 Å². The molecule has 8 unspecified atom stereocenters. The summed E-state index contributed by atoms with van der Waals surface area (Å²) in [5.74, 6) is 2.74. The number of nitrogens with one attached hydrogen (secondary N) is 1. The summed E-state index contributed by atoms with van der Waals surface area (Å²) in [6.45, 7) is 14.2. The number of aromatic amines is 1. The van der Waals surface area contributed by atoms with E-state index in [2.05, 4.69) is 69.7 Å². The SMILES string of the molecule is C=C(C)C1CCC23C(O)CCC(C)C2(C)CCC(C)C3C1c1c[nH]c2ccccc12. The summed E-state index contributed by atoms with van der Waals surface area (Å²) >= 11 is 0. The third kappa shape index (κ3) is 2.52. The number of aliphatic hydroxyl groups excluding tert-OH is 1. The average molecular weight is 406 g/mol.